The normalized spacial score (nSPS) is 16.6. The van der Waals surface area contributed by atoms with Crippen LogP contribution in [0, 0.1) is 12.8 Å². The summed E-state index contributed by atoms with van der Waals surface area (Å²) in [6.07, 6.45) is 2.58. The molecule has 0 spiro atoms. The van der Waals surface area contributed by atoms with Crippen molar-refractivity contribution in [2.45, 2.75) is 32.2 Å². The van der Waals surface area contributed by atoms with E-state index in [0.29, 0.717) is 18.0 Å². The number of amides is 1. The van der Waals surface area contributed by atoms with E-state index in [1.807, 2.05) is 6.92 Å². The monoisotopic (exact) mass is 234 g/mol. The number of aromatic hydroxyl groups is 1. The molecule has 4 nitrogen and oxygen atoms in total. The lowest BCUT2D eigenvalue weighted by Gasteiger charge is -2.11. The van der Waals surface area contributed by atoms with Gasteiger partial charge in [-0.15, -0.1) is 0 Å². The van der Waals surface area contributed by atoms with Crippen molar-refractivity contribution in [3.8, 4) is 5.75 Å². The highest BCUT2D eigenvalue weighted by Gasteiger charge is 2.29. The Labute approximate surface area is 101 Å². The fraction of sp³-hybridized carbons (Fsp3) is 0.462. The third kappa shape index (κ3) is 3.20. The van der Waals surface area contributed by atoms with Gasteiger partial charge in [-0.3, -0.25) is 4.79 Å². The van der Waals surface area contributed by atoms with Crippen LogP contribution in [0.1, 0.15) is 24.8 Å². The first-order valence-electron chi connectivity index (χ1n) is 5.91. The molecule has 0 aliphatic heterocycles. The van der Waals surface area contributed by atoms with Crippen LogP contribution in [0.4, 0.5) is 5.69 Å². The average molecular weight is 234 g/mol. The number of carbonyl (C=O) groups excluding carboxylic acids is 1. The second kappa shape index (κ2) is 4.75. The van der Waals surface area contributed by atoms with Crippen molar-refractivity contribution in [3.63, 3.8) is 0 Å². The van der Waals surface area contributed by atoms with Crippen LogP contribution in [0.2, 0.25) is 0 Å². The summed E-state index contributed by atoms with van der Waals surface area (Å²) >= 11 is 0. The van der Waals surface area contributed by atoms with E-state index in [4.69, 9.17) is 5.73 Å². The molecule has 17 heavy (non-hydrogen) atoms. The van der Waals surface area contributed by atoms with Gasteiger partial charge in [0.1, 0.15) is 5.75 Å². The molecule has 0 radical (unpaired) electrons. The van der Waals surface area contributed by atoms with Crippen LogP contribution >= 0.6 is 0 Å². The molecule has 1 aromatic carbocycles. The maximum absolute atomic E-state index is 11.7. The zero-order valence-corrected chi connectivity index (χ0v) is 9.94. The van der Waals surface area contributed by atoms with Crippen LogP contribution in [-0.4, -0.2) is 17.1 Å². The Kier molecular flexibility index (Phi) is 3.33. The number of hydrogen-bond donors (Lipinski definition) is 3. The van der Waals surface area contributed by atoms with E-state index in [2.05, 4.69) is 5.32 Å². The Morgan fingerprint density at radius 2 is 2.29 bits per heavy atom. The Bertz CT molecular complexity index is 427. The molecule has 1 atom stereocenters. The highest BCUT2D eigenvalue weighted by molar-refractivity contribution is 5.92. The zero-order valence-electron chi connectivity index (χ0n) is 9.94. The van der Waals surface area contributed by atoms with E-state index in [1.54, 1.807) is 18.2 Å². The Morgan fingerprint density at radius 3 is 2.94 bits per heavy atom. The number of carbonyl (C=O) groups is 1. The maximum Gasteiger partial charge on any atom is 0.226 e. The van der Waals surface area contributed by atoms with Gasteiger partial charge < -0.3 is 16.2 Å². The SMILES string of the molecule is Cc1ccc(O)c(NC(=O)CC(N)C2CC2)c1. The summed E-state index contributed by atoms with van der Waals surface area (Å²) in [4.78, 5) is 11.7. The van der Waals surface area contributed by atoms with E-state index in [-0.39, 0.29) is 17.7 Å². The predicted molar refractivity (Wildman–Crippen MR) is 66.8 cm³/mol. The molecule has 92 valence electrons. The minimum Gasteiger partial charge on any atom is -0.506 e. The molecule has 1 unspecified atom stereocenters. The third-order valence-corrected chi connectivity index (χ3v) is 3.07. The molecule has 0 heterocycles. The highest BCUT2D eigenvalue weighted by atomic mass is 16.3. The highest BCUT2D eigenvalue weighted by Crippen LogP contribution is 2.33. The predicted octanol–water partition coefficient (Wildman–Crippen LogP) is 1.77. The van der Waals surface area contributed by atoms with Gasteiger partial charge in [0.15, 0.2) is 0 Å². The van der Waals surface area contributed by atoms with Crippen LogP contribution < -0.4 is 11.1 Å². The standard InChI is InChI=1S/C13H18N2O2/c1-8-2-5-12(16)11(6-8)15-13(17)7-10(14)9-3-4-9/h2,5-6,9-10,16H,3-4,7,14H2,1H3,(H,15,17). The van der Waals surface area contributed by atoms with E-state index >= 15 is 0 Å². The van der Waals surface area contributed by atoms with Gasteiger partial charge in [0.05, 0.1) is 5.69 Å². The van der Waals surface area contributed by atoms with Crippen molar-refractivity contribution >= 4 is 11.6 Å². The van der Waals surface area contributed by atoms with Gasteiger partial charge >= 0.3 is 0 Å². The molecule has 1 aliphatic rings. The third-order valence-electron chi connectivity index (χ3n) is 3.07. The van der Waals surface area contributed by atoms with Gasteiger partial charge in [0.25, 0.3) is 0 Å². The van der Waals surface area contributed by atoms with Crippen molar-refractivity contribution in [2.75, 3.05) is 5.32 Å². The zero-order chi connectivity index (χ0) is 12.4. The quantitative estimate of drug-likeness (QED) is 0.695. The lowest BCUT2D eigenvalue weighted by atomic mass is 10.1. The fourth-order valence-electron chi connectivity index (χ4n) is 1.86. The first-order valence-corrected chi connectivity index (χ1v) is 5.91. The van der Waals surface area contributed by atoms with Crippen molar-refractivity contribution in [3.05, 3.63) is 23.8 Å². The fourth-order valence-corrected chi connectivity index (χ4v) is 1.86. The summed E-state index contributed by atoms with van der Waals surface area (Å²) in [6, 6.07) is 5.06. The van der Waals surface area contributed by atoms with E-state index in [1.165, 1.54) is 0 Å². The summed E-state index contributed by atoms with van der Waals surface area (Å²) in [7, 11) is 0. The number of rotatable bonds is 4. The minimum absolute atomic E-state index is 0.0537. The van der Waals surface area contributed by atoms with Gasteiger partial charge in [-0.2, -0.15) is 0 Å². The molecule has 1 fully saturated rings. The summed E-state index contributed by atoms with van der Waals surface area (Å²) in [5.74, 6) is 0.459. The second-order valence-corrected chi connectivity index (χ2v) is 4.77. The molecular formula is C13H18N2O2. The molecule has 1 aromatic rings. The first-order chi connectivity index (χ1) is 8.06. The number of phenols is 1. The summed E-state index contributed by atoms with van der Waals surface area (Å²) in [5, 5.41) is 12.3. The molecular weight excluding hydrogens is 216 g/mol. The van der Waals surface area contributed by atoms with Crippen LogP contribution in [0.25, 0.3) is 0 Å². The largest absolute Gasteiger partial charge is 0.506 e. The molecule has 0 saturated heterocycles. The van der Waals surface area contributed by atoms with E-state index in [9.17, 15) is 9.90 Å². The number of hydrogen-bond acceptors (Lipinski definition) is 3. The Balaban J connectivity index is 1.94. The molecule has 4 heteroatoms. The Morgan fingerprint density at radius 1 is 1.59 bits per heavy atom. The first kappa shape index (κ1) is 11.9. The molecule has 1 amide bonds. The van der Waals surface area contributed by atoms with Crippen molar-refractivity contribution in [1.82, 2.24) is 0 Å². The molecule has 1 aliphatic carbocycles. The van der Waals surface area contributed by atoms with Crippen LogP contribution in [-0.2, 0) is 4.79 Å². The number of nitrogens with one attached hydrogen (secondary N) is 1. The number of aryl methyl sites for hydroxylation is 1. The van der Waals surface area contributed by atoms with Gasteiger partial charge in [-0.1, -0.05) is 6.07 Å². The molecule has 0 aromatic heterocycles. The number of anilines is 1. The summed E-state index contributed by atoms with van der Waals surface area (Å²) < 4.78 is 0. The van der Waals surface area contributed by atoms with Crippen molar-refractivity contribution in [2.24, 2.45) is 11.7 Å². The van der Waals surface area contributed by atoms with Gasteiger partial charge in [-0.05, 0) is 43.4 Å². The van der Waals surface area contributed by atoms with Crippen molar-refractivity contribution < 1.29 is 9.90 Å². The maximum atomic E-state index is 11.7. The molecule has 1 saturated carbocycles. The smallest absolute Gasteiger partial charge is 0.226 e. The van der Waals surface area contributed by atoms with Crippen molar-refractivity contribution in [1.29, 1.82) is 0 Å². The topological polar surface area (TPSA) is 75.3 Å². The minimum atomic E-state index is -0.134. The average Bonchev–Trinajstić information content (AvgIpc) is 3.06. The number of nitrogens with two attached hydrogens (primary N) is 1. The van der Waals surface area contributed by atoms with Gasteiger partial charge in [0.2, 0.25) is 5.91 Å². The lowest BCUT2D eigenvalue weighted by Crippen LogP contribution is -2.28. The van der Waals surface area contributed by atoms with Crippen LogP contribution in [0.3, 0.4) is 0 Å². The summed E-state index contributed by atoms with van der Waals surface area (Å²) in [5.41, 5.74) is 7.33. The summed E-state index contributed by atoms with van der Waals surface area (Å²) in [6.45, 7) is 1.91. The number of benzene rings is 1. The van der Waals surface area contributed by atoms with E-state index < -0.39 is 0 Å². The Hall–Kier alpha value is -1.55. The molecule has 2 rings (SSSR count). The van der Waals surface area contributed by atoms with Gasteiger partial charge in [-0.25, -0.2) is 0 Å². The number of phenolic OH excluding ortho intramolecular Hbond substituents is 1. The molecule has 4 N–H and O–H groups in total. The van der Waals surface area contributed by atoms with Crippen LogP contribution in [0.15, 0.2) is 18.2 Å². The van der Waals surface area contributed by atoms with Crippen LogP contribution in [0.5, 0.6) is 5.75 Å². The second-order valence-electron chi connectivity index (χ2n) is 4.77. The van der Waals surface area contributed by atoms with E-state index in [0.717, 1.165) is 18.4 Å². The lowest BCUT2D eigenvalue weighted by molar-refractivity contribution is -0.116. The molecule has 0 bridgehead atoms. The van der Waals surface area contributed by atoms with Gasteiger partial charge in [0, 0.05) is 12.5 Å².